The Morgan fingerprint density at radius 2 is 1.80 bits per heavy atom. The second-order valence-electron chi connectivity index (χ2n) is 5.78. The number of hydrogen-bond acceptors (Lipinski definition) is 4. The van der Waals surface area contributed by atoms with Crippen LogP contribution in [0.2, 0.25) is 5.02 Å². The molecule has 2 aromatic rings. The largest absolute Gasteiger partial charge is 0.483 e. The molecule has 0 radical (unpaired) electrons. The van der Waals surface area contributed by atoms with E-state index in [2.05, 4.69) is 5.32 Å². The molecule has 1 N–H and O–H groups in total. The normalized spacial score (nSPS) is 10.4. The van der Waals surface area contributed by atoms with Crippen molar-refractivity contribution in [2.45, 2.75) is 26.9 Å². The van der Waals surface area contributed by atoms with Crippen molar-refractivity contribution in [2.24, 2.45) is 0 Å². The maximum absolute atomic E-state index is 12.0. The van der Waals surface area contributed by atoms with E-state index in [0.717, 1.165) is 5.56 Å². The van der Waals surface area contributed by atoms with Crippen molar-refractivity contribution < 1.29 is 19.1 Å². The lowest BCUT2D eigenvalue weighted by molar-refractivity contribution is -0.118. The quantitative estimate of drug-likeness (QED) is 0.782. The minimum Gasteiger partial charge on any atom is -0.483 e. The lowest BCUT2D eigenvalue weighted by Crippen LogP contribution is -2.20. The molecule has 2 rings (SSSR count). The number of ether oxygens (including phenoxy) is 2. The number of carbonyl (C=O) groups is 2. The molecule has 0 atom stereocenters. The number of halogens is 1. The lowest BCUT2D eigenvalue weighted by atomic mass is 10.2. The third-order valence-corrected chi connectivity index (χ3v) is 3.48. The predicted molar refractivity (Wildman–Crippen MR) is 97.3 cm³/mol. The van der Waals surface area contributed by atoms with Crippen LogP contribution in [0.1, 0.15) is 29.8 Å². The minimum atomic E-state index is -0.394. The molecule has 0 saturated carbocycles. The number of nitrogens with one attached hydrogen (secondary N) is 1. The summed E-state index contributed by atoms with van der Waals surface area (Å²) >= 11 is 5.88. The molecule has 0 heterocycles. The van der Waals surface area contributed by atoms with Crippen LogP contribution in [0.5, 0.6) is 5.75 Å². The second kappa shape index (κ2) is 8.53. The van der Waals surface area contributed by atoms with Gasteiger partial charge in [0.1, 0.15) is 5.75 Å². The first-order valence-electron chi connectivity index (χ1n) is 7.85. The van der Waals surface area contributed by atoms with E-state index in [0.29, 0.717) is 22.0 Å². The summed E-state index contributed by atoms with van der Waals surface area (Å²) in [6, 6.07) is 11.7. The number of carbonyl (C=O) groups excluding carboxylic acids is 2. The highest BCUT2D eigenvalue weighted by molar-refractivity contribution is 6.30. The smallest absolute Gasteiger partial charge is 0.338 e. The molecule has 1 amide bonds. The molecule has 6 heteroatoms. The van der Waals surface area contributed by atoms with Crippen molar-refractivity contribution in [3.63, 3.8) is 0 Å². The van der Waals surface area contributed by atoms with Gasteiger partial charge >= 0.3 is 5.97 Å². The average Bonchev–Trinajstić information content (AvgIpc) is 2.54. The Kier molecular flexibility index (Phi) is 6.42. The van der Waals surface area contributed by atoms with Crippen molar-refractivity contribution in [2.75, 3.05) is 11.9 Å². The molecule has 0 bridgehead atoms. The number of amides is 1. The summed E-state index contributed by atoms with van der Waals surface area (Å²) in [5, 5.41) is 3.32. The van der Waals surface area contributed by atoms with Gasteiger partial charge in [0.05, 0.1) is 11.7 Å². The van der Waals surface area contributed by atoms with Crippen LogP contribution < -0.4 is 10.1 Å². The van der Waals surface area contributed by atoms with Gasteiger partial charge in [-0.25, -0.2) is 4.79 Å². The van der Waals surface area contributed by atoms with E-state index in [1.54, 1.807) is 56.3 Å². The molecule has 0 fully saturated rings. The van der Waals surface area contributed by atoms with E-state index in [-0.39, 0.29) is 18.6 Å². The van der Waals surface area contributed by atoms with Crippen LogP contribution >= 0.6 is 11.6 Å². The zero-order valence-corrected chi connectivity index (χ0v) is 15.1. The van der Waals surface area contributed by atoms with Gasteiger partial charge in [-0.1, -0.05) is 11.6 Å². The maximum atomic E-state index is 12.0. The van der Waals surface area contributed by atoms with Crippen LogP contribution in [0, 0.1) is 6.92 Å². The summed E-state index contributed by atoms with van der Waals surface area (Å²) in [7, 11) is 0. The van der Waals surface area contributed by atoms with Crippen molar-refractivity contribution in [3.8, 4) is 5.75 Å². The molecule has 0 aliphatic carbocycles. The lowest BCUT2D eigenvalue weighted by Gasteiger charge is -2.11. The van der Waals surface area contributed by atoms with Crippen molar-refractivity contribution in [1.82, 2.24) is 0 Å². The third-order valence-electron chi connectivity index (χ3n) is 3.24. The molecular weight excluding hydrogens is 342 g/mol. The van der Waals surface area contributed by atoms with Crippen LogP contribution in [-0.4, -0.2) is 24.6 Å². The molecule has 5 nitrogen and oxygen atoms in total. The minimum absolute atomic E-state index is 0.125. The Balaban J connectivity index is 1.89. The predicted octanol–water partition coefficient (Wildman–Crippen LogP) is 4.23. The number of anilines is 1. The van der Waals surface area contributed by atoms with Crippen LogP contribution in [-0.2, 0) is 9.53 Å². The van der Waals surface area contributed by atoms with Gasteiger partial charge in [0.15, 0.2) is 6.61 Å². The first kappa shape index (κ1) is 18.8. The van der Waals surface area contributed by atoms with Crippen LogP contribution in [0.4, 0.5) is 5.69 Å². The summed E-state index contributed by atoms with van der Waals surface area (Å²) in [5.41, 5.74) is 1.86. The van der Waals surface area contributed by atoms with Gasteiger partial charge in [0.25, 0.3) is 5.91 Å². The van der Waals surface area contributed by atoms with Crippen LogP contribution in [0.15, 0.2) is 42.5 Å². The van der Waals surface area contributed by atoms with Gasteiger partial charge in [0.2, 0.25) is 0 Å². The molecule has 25 heavy (non-hydrogen) atoms. The molecule has 0 saturated heterocycles. The Hall–Kier alpha value is -2.53. The van der Waals surface area contributed by atoms with E-state index < -0.39 is 5.97 Å². The van der Waals surface area contributed by atoms with Gasteiger partial charge in [0, 0.05) is 10.7 Å². The number of aryl methyl sites for hydroxylation is 1. The molecule has 0 aromatic heterocycles. The number of rotatable bonds is 6. The molecule has 0 spiro atoms. The Labute approximate surface area is 151 Å². The fraction of sp³-hybridized carbons (Fsp3) is 0.263. The Bertz CT molecular complexity index is 757. The molecule has 0 unspecified atom stereocenters. The van der Waals surface area contributed by atoms with E-state index in [4.69, 9.17) is 21.1 Å². The first-order chi connectivity index (χ1) is 11.8. The SMILES string of the molecule is Cc1cc(Cl)ccc1OCC(=O)Nc1ccc(C(=O)OC(C)C)cc1. The highest BCUT2D eigenvalue weighted by Crippen LogP contribution is 2.21. The van der Waals surface area contributed by atoms with Gasteiger partial charge in [-0.05, 0) is 68.8 Å². The molecule has 132 valence electrons. The van der Waals surface area contributed by atoms with Gasteiger partial charge in [-0.2, -0.15) is 0 Å². The van der Waals surface area contributed by atoms with Gasteiger partial charge < -0.3 is 14.8 Å². The van der Waals surface area contributed by atoms with Crippen molar-refractivity contribution in [3.05, 3.63) is 58.6 Å². The van der Waals surface area contributed by atoms with Crippen molar-refractivity contribution >= 4 is 29.2 Å². The Morgan fingerprint density at radius 1 is 1.12 bits per heavy atom. The Morgan fingerprint density at radius 3 is 2.40 bits per heavy atom. The molecule has 0 aliphatic heterocycles. The summed E-state index contributed by atoms with van der Waals surface area (Å²) < 4.78 is 10.6. The highest BCUT2D eigenvalue weighted by Gasteiger charge is 2.10. The topological polar surface area (TPSA) is 64.6 Å². The standard InChI is InChI=1S/C19H20ClNO4/c1-12(2)25-19(23)14-4-7-16(8-5-14)21-18(22)11-24-17-9-6-15(20)10-13(17)3/h4-10,12H,11H2,1-3H3,(H,21,22). The summed E-state index contributed by atoms with van der Waals surface area (Å²) in [4.78, 5) is 23.7. The number of benzene rings is 2. The molecular formula is C19H20ClNO4. The summed E-state index contributed by atoms with van der Waals surface area (Å²) in [5.74, 6) is -0.0902. The summed E-state index contributed by atoms with van der Waals surface area (Å²) in [6.07, 6.45) is -0.180. The molecule has 0 aliphatic rings. The fourth-order valence-corrected chi connectivity index (χ4v) is 2.31. The molecule has 2 aromatic carbocycles. The van der Waals surface area contributed by atoms with Gasteiger partial charge in [-0.3, -0.25) is 4.79 Å². The first-order valence-corrected chi connectivity index (χ1v) is 8.23. The highest BCUT2D eigenvalue weighted by atomic mass is 35.5. The zero-order valence-electron chi connectivity index (χ0n) is 14.3. The number of esters is 1. The summed E-state index contributed by atoms with van der Waals surface area (Å²) in [6.45, 7) is 5.30. The van der Waals surface area contributed by atoms with Crippen LogP contribution in [0.3, 0.4) is 0 Å². The zero-order chi connectivity index (χ0) is 18.4. The monoisotopic (exact) mass is 361 g/mol. The third kappa shape index (κ3) is 5.80. The van der Waals surface area contributed by atoms with Crippen molar-refractivity contribution in [1.29, 1.82) is 0 Å². The average molecular weight is 362 g/mol. The fourth-order valence-electron chi connectivity index (χ4n) is 2.09. The van der Waals surface area contributed by atoms with E-state index in [9.17, 15) is 9.59 Å². The van der Waals surface area contributed by atoms with Gasteiger partial charge in [-0.15, -0.1) is 0 Å². The van der Waals surface area contributed by atoms with E-state index in [1.807, 2.05) is 6.92 Å². The number of hydrogen-bond donors (Lipinski definition) is 1. The van der Waals surface area contributed by atoms with E-state index in [1.165, 1.54) is 0 Å². The maximum Gasteiger partial charge on any atom is 0.338 e. The van der Waals surface area contributed by atoms with Crippen LogP contribution in [0.25, 0.3) is 0 Å². The second-order valence-corrected chi connectivity index (χ2v) is 6.21. The van der Waals surface area contributed by atoms with E-state index >= 15 is 0 Å².